The van der Waals surface area contributed by atoms with Crippen LogP contribution >= 0.6 is 0 Å². The molecule has 94 valence electrons. The van der Waals surface area contributed by atoms with Crippen molar-refractivity contribution < 1.29 is 9.53 Å². The highest BCUT2D eigenvalue weighted by Gasteiger charge is 2.18. The molecular weight excluding hydrogens is 230 g/mol. The van der Waals surface area contributed by atoms with Gasteiger partial charge < -0.3 is 14.6 Å². The van der Waals surface area contributed by atoms with Crippen LogP contribution in [0.3, 0.4) is 0 Å². The zero-order chi connectivity index (χ0) is 12.4. The quantitative estimate of drug-likeness (QED) is 0.857. The maximum atomic E-state index is 12.1. The zero-order valence-electron chi connectivity index (χ0n) is 10.1. The Bertz CT molecular complexity index is 525. The summed E-state index contributed by atoms with van der Waals surface area (Å²) >= 11 is 0. The molecule has 1 aromatic carbocycles. The summed E-state index contributed by atoms with van der Waals surface area (Å²) in [5.74, 6) is 0.838. The van der Waals surface area contributed by atoms with Crippen molar-refractivity contribution in [3.05, 3.63) is 30.1 Å². The number of H-pyrrole nitrogens is 1. The molecular formula is C13H15N3O2. The van der Waals surface area contributed by atoms with E-state index in [9.17, 15) is 4.79 Å². The molecule has 2 aromatic rings. The number of nitrogens with one attached hydrogen (secondary N) is 1. The van der Waals surface area contributed by atoms with E-state index in [0.717, 1.165) is 16.9 Å². The lowest BCUT2D eigenvalue weighted by atomic mass is 10.3. The van der Waals surface area contributed by atoms with Gasteiger partial charge in [-0.2, -0.15) is 0 Å². The largest absolute Gasteiger partial charge is 0.378 e. The average molecular weight is 245 g/mol. The summed E-state index contributed by atoms with van der Waals surface area (Å²) in [6.07, 6.45) is 0.328. The molecule has 0 unspecified atom stereocenters. The van der Waals surface area contributed by atoms with E-state index >= 15 is 0 Å². The van der Waals surface area contributed by atoms with E-state index in [1.54, 1.807) is 0 Å². The lowest BCUT2D eigenvalue weighted by Gasteiger charge is -2.26. The van der Waals surface area contributed by atoms with Crippen molar-refractivity contribution in [3.63, 3.8) is 0 Å². The third kappa shape index (κ3) is 2.22. The predicted octanol–water partition coefficient (Wildman–Crippen LogP) is 0.964. The van der Waals surface area contributed by atoms with Gasteiger partial charge in [-0.25, -0.2) is 4.98 Å². The molecule has 0 atom stereocenters. The van der Waals surface area contributed by atoms with Crippen molar-refractivity contribution in [2.24, 2.45) is 0 Å². The normalized spacial score (nSPS) is 16.1. The van der Waals surface area contributed by atoms with E-state index in [0.29, 0.717) is 32.7 Å². The molecule has 1 aliphatic heterocycles. The number of nitrogens with zero attached hydrogens (tertiary/aromatic N) is 2. The Morgan fingerprint density at radius 1 is 1.33 bits per heavy atom. The van der Waals surface area contributed by atoms with Crippen LogP contribution in [0.5, 0.6) is 0 Å². The first-order chi connectivity index (χ1) is 8.83. The van der Waals surface area contributed by atoms with Crippen molar-refractivity contribution in [1.29, 1.82) is 0 Å². The molecule has 0 spiro atoms. The number of hydrogen-bond donors (Lipinski definition) is 1. The minimum absolute atomic E-state index is 0.109. The molecule has 0 radical (unpaired) electrons. The van der Waals surface area contributed by atoms with Crippen LogP contribution in [-0.2, 0) is 16.0 Å². The van der Waals surface area contributed by atoms with Crippen molar-refractivity contribution in [1.82, 2.24) is 14.9 Å². The Morgan fingerprint density at radius 3 is 2.89 bits per heavy atom. The Labute approximate surface area is 105 Å². The van der Waals surface area contributed by atoms with Gasteiger partial charge >= 0.3 is 0 Å². The number of hydrogen-bond acceptors (Lipinski definition) is 3. The van der Waals surface area contributed by atoms with Gasteiger partial charge in [-0.3, -0.25) is 4.79 Å². The number of fused-ring (bicyclic) bond motifs is 1. The van der Waals surface area contributed by atoms with Gasteiger partial charge in [0.1, 0.15) is 5.82 Å². The highest BCUT2D eigenvalue weighted by molar-refractivity contribution is 5.80. The number of benzene rings is 1. The fourth-order valence-corrected chi connectivity index (χ4v) is 2.16. The van der Waals surface area contributed by atoms with Gasteiger partial charge in [-0.15, -0.1) is 0 Å². The maximum absolute atomic E-state index is 12.1. The highest BCUT2D eigenvalue weighted by Crippen LogP contribution is 2.11. The predicted molar refractivity (Wildman–Crippen MR) is 67.2 cm³/mol. The molecule has 18 heavy (non-hydrogen) atoms. The van der Waals surface area contributed by atoms with E-state index in [4.69, 9.17) is 4.74 Å². The lowest BCUT2D eigenvalue weighted by Crippen LogP contribution is -2.41. The van der Waals surface area contributed by atoms with Gasteiger partial charge in [0.15, 0.2) is 0 Å². The number of aromatic amines is 1. The molecule has 0 saturated carbocycles. The second-order valence-corrected chi connectivity index (χ2v) is 4.37. The molecule has 0 aliphatic carbocycles. The number of amides is 1. The molecule has 2 heterocycles. The number of para-hydroxylation sites is 2. The number of morpholine rings is 1. The molecule has 5 heteroatoms. The van der Waals surface area contributed by atoms with Gasteiger partial charge in [-0.05, 0) is 12.1 Å². The number of carbonyl (C=O) groups excluding carboxylic acids is 1. The molecule has 1 aromatic heterocycles. The van der Waals surface area contributed by atoms with Crippen LogP contribution in [-0.4, -0.2) is 47.1 Å². The van der Waals surface area contributed by atoms with Crippen LogP contribution in [0.15, 0.2) is 24.3 Å². The van der Waals surface area contributed by atoms with Crippen LogP contribution in [0, 0.1) is 0 Å². The van der Waals surface area contributed by atoms with E-state index in [1.807, 2.05) is 29.2 Å². The monoisotopic (exact) mass is 245 g/mol. The molecule has 1 aliphatic rings. The summed E-state index contributed by atoms with van der Waals surface area (Å²) in [6, 6.07) is 7.80. The second kappa shape index (κ2) is 4.78. The number of carbonyl (C=O) groups is 1. The van der Waals surface area contributed by atoms with Crippen LogP contribution in [0.4, 0.5) is 0 Å². The molecule has 5 nitrogen and oxygen atoms in total. The number of aromatic nitrogens is 2. The number of rotatable bonds is 2. The third-order valence-electron chi connectivity index (χ3n) is 3.12. The first-order valence-corrected chi connectivity index (χ1v) is 6.12. The van der Waals surface area contributed by atoms with Crippen molar-refractivity contribution in [2.45, 2.75) is 6.42 Å². The highest BCUT2D eigenvalue weighted by atomic mass is 16.5. The van der Waals surface area contributed by atoms with Crippen LogP contribution in [0.25, 0.3) is 11.0 Å². The van der Waals surface area contributed by atoms with Gasteiger partial charge in [0, 0.05) is 13.1 Å². The summed E-state index contributed by atoms with van der Waals surface area (Å²) in [7, 11) is 0. The molecule has 1 N–H and O–H groups in total. The van der Waals surface area contributed by atoms with Crippen LogP contribution in [0.1, 0.15) is 5.82 Å². The Kier molecular flexibility index (Phi) is 2.98. The first kappa shape index (κ1) is 11.2. The van der Waals surface area contributed by atoms with Crippen molar-refractivity contribution in [2.75, 3.05) is 26.3 Å². The summed E-state index contributed by atoms with van der Waals surface area (Å²) in [5, 5.41) is 0. The molecule has 1 saturated heterocycles. The van der Waals surface area contributed by atoms with Crippen LogP contribution in [0.2, 0.25) is 0 Å². The average Bonchev–Trinajstić information content (AvgIpc) is 2.82. The lowest BCUT2D eigenvalue weighted by molar-refractivity contribution is -0.134. The Balaban J connectivity index is 1.73. The molecule has 1 amide bonds. The standard InChI is InChI=1S/C13H15N3O2/c17-13(16-5-7-18-8-6-16)9-12-14-10-3-1-2-4-11(10)15-12/h1-4H,5-9H2,(H,14,15). The van der Waals surface area contributed by atoms with E-state index in [2.05, 4.69) is 9.97 Å². The summed E-state index contributed by atoms with van der Waals surface area (Å²) in [5.41, 5.74) is 1.88. The minimum Gasteiger partial charge on any atom is -0.378 e. The summed E-state index contributed by atoms with van der Waals surface area (Å²) < 4.78 is 5.23. The van der Waals surface area contributed by atoms with E-state index < -0.39 is 0 Å². The smallest absolute Gasteiger partial charge is 0.230 e. The Morgan fingerprint density at radius 2 is 2.11 bits per heavy atom. The maximum Gasteiger partial charge on any atom is 0.230 e. The molecule has 1 fully saturated rings. The first-order valence-electron chi connectivity index (χ1n) is 6.12. The van der Waals surface area contributed by atoms with Gasteiger partial charge in [0.05, 0.1) is 30.7 Å². The molecule has 3 rings (SSSR count). The minimum atomic E-state index is 0.109. The van der Waals surface area contributed by atoms with E-state index in [1.165, 1.54) is 0 Å². The van der Waals surface area contributed by atoms with Crippen molar-refractivity contribution in [3.8, 4) is 0 Å². The van der Waals surface area contributed by atoms with E-state index in [-0.39, 0.29) is 5.91 Å². The summed E-state index contributed by atoms with van der Waals surface area (Å²) in [4.78, 5) is 21.5. The third-order valence-corrected chi connectivity index (χ3v) is 3.12. The number of imidazole rings is 1. The van der Waals surface area contributed by atoms with Gasteiger partial charge in [-0.1, -0.05) is 12.1 Å². The Hall–Kier alpha value is -1.88. The molecule has 0 bridgehead atoms. The number of ether oxygens (including phenoxy) is 1. The summed E-state index contributed by atoms with van der Waals surface area (Å²) in [6.45, 7) is 2.62. The topological polar surface area (TPSA) is 58.2 Å². The SMILES string of the molecule is O=C(Cc1nc2ccccc2[nH]1)N1CCOCC1. The van der Waals surface area contributed by atoms with Crippen molar-refractivity contribution >= 4 is 16.9 Å². The fraction of sp³-hybridized carbons (Fsp3) is 0.385. The second-order valence-electron chi connectivity index (χ2n) is 4.37. The fourth-order valence-electron chi connectivity index (χ4n) is 2.16. The zero-order valence-corrected chi connectivity index (χ0v) is 10.1. The van der Waals surface area contributed by atoms with Gasteiger partial charge in [0.2, 0.25) is 5.91 Å². The van der Waals surface area contributed by atoms with Crippen LogP contribution < -0.4 is 0 Å². The van der Waals surface area contributed by atoms with Gasteiger partial charge in [0.25, 0.3) is 0 Å².